The molecule has 0 amide bonds. The third-order valence-electron chi connectivity index (χ3n) is 9.69. The summed E-state index contributed by atoms with van der Waals surface area (Å²) in [5, 5.41) is 11.2. The number of nitrogens with two attached hydrogens (primary N) is 1. The van der Waals surface area contributed by atoms with E-state index in [0.29, 0.717) is 5.56 Å². The first kappa shape index (κ1) is 27.3. The van der Waals surface area contributed by atoms with Crippen LogP contribution in [0.1, 0.15) is 39.6 Å². The molecule has 0 aromatic heterocycles. The molecule has 2 aliphatic rings. The zero-order valence-electron chi connectivity index (χ0n) is 25.5. The second-order valence-corrected chi connectivity index (χ2v) is 12.1. The van der Waals surface area contributed by atoms with Crippen molar-refractivity contribution in [2.45, 2.75) is 11.6 Å². The quantitative estimate of drug-likeness (QED) is 0.119. The van der Waals surface area contributed by atoms with Gasteiger partial charge in [0.25, 0.3) is 0 Å². The van der Waals surface area contributed by atoms with Gasteiger partial charge in [-0.15, -0.1) is 0 Å². The van der Waals surface area contributed by atoms with Gasteiger partial charge in [0.15, 0.2) is 6.23 Å². The summed E-state index contributed by atoms with van der Waals surface area (Å²) < 4.78 is 12.9. The third-order valence-corrected chi connectivity index (χ3v) is 9.69. The van der Waals surface area contributed by atoms with Gasteiger partial charge in [-0.3, -0.25) is 11.1 Å². The number of hydrogen-bond acceptors (Lipinski definition) is 4. The number of benzene rings is 7. The minimum absolute atomic E-state index is 0.0206. The summed E-state index contributed by atoms with van der Waals surface area (Å²) in [4.78, 5) is 0. The summed E-state index contributed by atoms with van der Waals surface area (Å²) in [5.74, 6) is 1.65. The number of ether oxygens (including phenoxy) is 2. The highest BCUT2D eigenvalue weighted by molar-refractivity contribution is 6.11. The van der Waals surface area contributed by atoms with E-state index >= 15 is 0 Å². The van der Waals surface area contributed by atoms with Crippen molar-refractivity contribution in [2.75, 3.05) is 0 Å². The van der Waals surface area contributed by atoms with Crippen molar-refractivity contribution < 1.29 is 9.47 Å². The highest BCUT2D eigenvalue weighted by Gasteiger charge is 2.50. The maximum Gasteiger partial charge on any atom is 0.216 e. The molecule has 3 N–H and O–H groups in total. The Labute approximate surface area is 273 Å². The van der Waals surface area contributed by atoms with Crippen LogP contribution in [-0.2, 0) is 10.2 Å². The van der Waals surface area contributed by atoms with E-state index in [2.05, 4.69) is 103 Å². The van der Waals surface area contributed by atoms with Crippen molar-refractivity contribution in [3.63, 3.8) is 0 Å². The zero-order valence-corrected chi connectivity index (χ0v) is 25.5. The molecule has 7 aromatic carbocycles. The van der Waals surface area contributed by atoms with Crippen LogP contribution in [0.2, 0.25) is 0 Å². The molecular weight excluding hydrogens is 576 g/mol. The average Bonchev–Trinajstić information content (AvgIpc) is 3.42. The monoisotopic (exact) mass is 606 g/mol. The van der Waals surface area contributed by atoms with E-state index in [9.17, 15) is 5.41 Å². The molecule has 9 rings (SSSR count). The lowest BCUT2D eigenvalue weighted by molar-refractivity contribution is 0.199. The Morgan fingerprint density at radius 1 is 0.574 bits per heavy atom. The molecule has 0 saturated carbocycles. The van der Waals surface area contributed by atoms with Gasteiger partial charge in [0.05, 0.1) is 11.0 Å². The van der Waals surface area contributed by atoms with Crippen LogP contribution in [0.5, 0.6) is 11.5 Å². The second-order valence-electron chi connectivity index (χ2n) is 12.1. The van der Waals surface area contributed by atoms with E-state index < -0.39 is 11.6 Å². The van der Waals surface area contributed by atoms with E-state index in [1.54, 1.807) is 0 Å². The summed E-state index contributed by atoms with van der Waals surface area (Å²) in [5.41, 5.74) is 16.5. The molecule has 4 nitrogen and oxygen atoms in total. The van der Waals surface area contributed by atoms with Crippen molar-refractivity contribution in [3.8, 4) is 33.8 Å². The van der Waals surface area contributed by atoms with Crippen LogP contribution < -0.4 is 10.5 Å². The van der Waals surface area contributed by atoms with Gasteiger partial charge in [-0.25, -0.2) is 0 Å². The molecule has 4 heteroatoms. The molecule has 1 heterocycles. The second kappa shape index (κ2) is 10.5. The maximum atomic E-state index is 9.23. The van der Waals surface area contributed by atoms with Gasteiger partial charge in [-0.1, -0.05) is 146 Å². The molecule has 224 valence electrons. The van der Waals surface area contributed by atoms with E-state index in [4.69, 9.17) is 15.2 Å². The van der Waals surface area contributed by atoms with Crippen molar-refractivity contribution >= 4 is 16.7 Å². The summed E-state index contributed by atoms with van der Waals surface area (Å²) >= 11 is 0. The fourth-order valence-electron chi connectivity index (χ4n) is 7.68. The first-order chi connectivity index (χ1) is 23.1. The van der Waals surface area contributed by atoms with Crippen LogP contribution in [0.3, 0.4) is 0 Å². The molecule has 0 radical (unpaired) electrons. The summed E-state index contributed by atoms with van der Waals surface area (Å²) in [6, 6.07) is 54.2. The lowest BCUT2D eigenvalue weighted by atomic mass is 9.66. The van der Waals surface area contributed by atoms with Gasteiger partial charge < -0.3 is 9.47 Å². The molecule has 1 aliphatic heterocycles. The van der Waals surface area contributed by atoms with Crippen molar-refractivity contribution in [1.29, 1.82) is 5.41 Å². The Morgan fingerprint density at radius 3 is 1.96 bits per heavy atom. The summed E-state index contributed by atoms with van der Waals surface area (Å²) in [6.07, 6.45) is -0.777. The number of rotatable bonds is 4. The van der Waals surface area contributed by atoms with Crippen LogP contribution in [-0.4, -0.2) is 5.90 Å². The Morgan fingerprint density at radius 2 is 1.19 bits per heavy atom. The van der Waals surface area contributed by atoms with Crippen LogP contribution in [0.15, 0.2) is 158 Å². The van der Waals surface area contributed by atoms with Gasteiger partial charge in [0.2, 0.25) is 5.90 Å². The summed E-state index contributed by atoms with van der Waals surface area (Å²) in [7, 11) is 0. The molecule has 1 aliphatic carbocycles. The normalized spacial score (nSPS) is 14.0. The standard InChI is InChI=1S/C43H30N2O2/c44-41(28-13-2-1-3-14-28)47-42(45)40-30-15-5-4-12-27(30)22-24-31(40)29-23-25-37-39(26-29)46-38-21-11-10-20-36(38)43(37)34-18-8-6-16-32(34)33-17-7-9-19-35(33)43/h1-26,41,45H,44H2. The first-order valence-corrected chi connectivity index (χ1v) is 15.8. The van der Waals surface area contributed by atoms with Crippen LogP contribution in [0.4, 0.5) is 0 Å². The van der Waals surface area contributed by atoms with Gasteiger partial charge in [0, 0.05) is 16.7 Å². The predicted octanol–water partition coefficient (Wildman–Crippen LogP) is 9.98. The lowest BCUT2D eigenvalue weighted by Crippen LogP contribution is -2.32. The van der Waals surface area contributed by atoms with E-state index in [1.165, 1.54) is 22.3 Å². The average molecular weight is 607 g/mol. The molecule has 1 unspecified atom stereocenters. The largest absolute Gasteiger partial charge is 0.457 e. The Kier molecular flexibility index (Phi) is 6.14. The Bertz CT molecular complexity index is 2320. The Hall–Kier alpha value is -5.97. The maximum absolute atomic E-state index is 9.23. The predicted molar refractivity (Wildman–Crippen MR) is 188 cm³/mol. The van der Waals surface area contributed by atoms with Crippen LogP contribution in [0, 0.1) is 5.41 Å². The first-order valence-electron chi connectivity index (χ1n) is 15.8. The van der Waals surface area contributed by atoms with E-state index in [0.717, 1.165) is 50.1 Å². The van der Waals surface area contributed by atoms with Crippen LogP contribution >= 0.6 is 0 Å². The molecule has 0 saturated heterocycles. The van der Waals surface area contributed by atoms with Crippen molar-refractivity contribution in [3.05, 3.63) is 191 Å². The molecular formula is C43H30N2O2. The number of fused-ring (bicyclic) bond motifs is 10. The van der Waals surface area contributed by atoms with Gasteiger partial charge in [-0.05, 0) is 56.3 Å². The number of hydrogen-bond donors (Lipinski definition) is 2. The van der Waals surface area contributed by atoms with Crippen LogP contribution in [0.25, 0.3) is 33.0 Å². The minimum Gasteiger partial charge on any atom is -0.457 e. The third kappa shape index (κ3) is 4.02. The van der Waals surface area contributed by atoms with Gasteiger partial charge in [0.1, 0.15) is 11.5 Å². The van der Waals surface area contributed by atoms with Gasteiger partial charge >= 0.3 is 0 Å². The zero-order chi connectivity index (χ0) is 31.5. The molecule has 47 heavy (non-hydrogen) atoms. The smallest absolute Gasteiger partial charge is 0.216 e. The lowest BCUT2D eigenvalue weighted by Gasteiger charge is -2.39. The minimum atomic E-state index is -0.777. The molecule has 1 atom stereocenters. The van der Waals surface area contributed by atoms with E-state index in [1.807, 2.05) is 54.6 Å². The molecule has 7 aromatic rings. The van der Waals surface area contributed by atoms with Crippen molar-refractivity contribution in [2.24, 2.45) is 5.73 Å². The Balaban J connectivity index is 1.24. The molecule has 1 spiro atoms. The fraction of sp³-hybridized carbons (Fsp3) is 0.0465. The van der Waals surface area contributed by atoms with Crippen molar-refractivity contribution in [1.82, 2.24) is 0 Å². The highest BCUT2D eigenvalue weighted by Crippen LogP contribution is 2.62. The number of nitrogens with one attached hydrogen (secondary N) is 1. The van der Waals surface area contributed by atoms with E-state index in [-0.39, 0.29) is 5.90 Å². The fourth-order valence-corrected chi connectivity index (χ4v) is 7.68. The molecule has 0 bridgehead atoms. The topological polar surface area (TPSA) is 68.3 Å². The SMILES string of the molecule is N=C(OC(N)c1ccccc1)c1c(-c2ccc3c(c2)Oc2ccccc2C32c3ccccc3-c3ccccc32)ccc2ccccc12. The number of para-hydroxylation sites is 1. The molecule has 0 fully saturated rings. The summed E-state index contributed by atoms with van der Waals surface area (Å²) in [6.45, 7) is 0. The highest BCUT2D eigenvalue weighted by atomic mass is 16.5. The van der Waals surface area contributed by atoms with Gasteiger partial charge in [-0.2, -0.15) is 0 Å².